The molecule has 0 spiro atoms. The molecule has 0 aliphatic rings. The maximum absolute atomic E-state index is 4.44. The molecule has 0 atom stereocenters. The summed E-state index contributed by atoms with van der Waals surface area (Å²) in [5, 5.41) is 1.08. The number of fused-ring (bicyclic) bond motifs is 1. The Morgan fingerprint density at radius 2 is 1.60 bits per heavy atom. The number of hydrogen-bond acceptors (Lipinski definition) is 2. The first kappa shape index (κ1) is 12.8. The quantitative estimate of drug-likeness (QED) is 0.667. The average Bonchev–Trinajstić information content (AvgIpc) is 2.47. The van der Waals surface area contributed by atoms with E-state index in [1.807, 2.05) is 13.1 Å². The third-order valence-corrected chi connectivity index (χ3v) is 3.61. The second kappa shape index (κ2) is 5.04. The van der Waals surface area contributed by atoms with Crippen LogP contribution in [0.5, 0.6) is 0 Å². The van der Waals surface area contributed by atoms with Gasteiger partial charge in [0.1, 0.15) is 5.82 Å². The highest BCUT2D eigenvalue weighted by atomic mass is 14.9. The van der Waals surface area contributed by atoms with Gasteiger partial charge in [0.15, 0.2) is 0 Å². The minimum atomic E-state index is 0.567. The van der Waals surface area contributed by atoms with E-state index in [9.17, 15) is 0 Å². The Bertz CT molecular complexity index is 743. The molecule has 0 aliphatic carbocycles. The van der Waals surface area contributed by atoms with Crippen molar-refractivity contribution >= 4 is 10.9 Å². The Labute approximate surface area is 119 Å². The highest BCUT2D eigenvalue weighted by molar-refractivity contribution is 5.83. The summed E-state index contributed by atoms with van der Waals surface area (Å²) in [5.74, 6) is 1.38. The van der Waals surface area contributed by atoms with Crippen LogP contribution in [0.1, 0.15) is 31.2 Å². The summed E-state index contributed by atoms with van der Waals surface area (Å²) in [7, 11) is 0. The van der Waals surface area contributed by atoms with Crippen LogP contribution in [0.25, 0.3) is 22.0 Å². The normalized spacial score (nSPS) is 11.2. The number of aromatic nitrogens is 2. The van der Waals surface area contributed by atoms with Crippen molar-refractivity contribution in [2.75, 3.05) is 0 Å². The lowest BCUT2D eigenvalue weighted by atomic mass is 9.98. The van der Waals surface area contributed by atoms with Crippen LogP contribution < -0.4 is 0 Å². The van der Waals surface area contributed by atoms with E-state index in [0.29, 0.717) is 5.92 Å². The van der Waals surface area contributed by atoms with E-state index in [1.165, 1.54) is 16.7 Å². The van der Waals surface area contributed by atoms with Crippen molar-refractivity contribution in [1.82, 2.24) is 9.97 Å². The monoisotopic (exact) mass is 262 g/mol. The van der Waals surface area contributed by atoms with Crippen LogP contribution in [-0.4, -0.2) is 9.97 Å². The van der Waals surface area contributed by atoms with E-state index in [-0.39, 0.29) is 0 Å². The minimum absolute atomic E-state index is 0.567. The molecule has 0 aliphatic heterocycles. The molecule has 3 rings (SSSR count). The number of aryl methyl sites for hydroxylation is 1. The van der Waals surface area contributed by atoms with Crippen LogP contribution in [-0.2, 0) is 0 Å². The Balaban J connectivity index is 2.03. The van der Waals surface area contributed by atoms with Crippen molar-refractivity contribution in [1.29, 1.82) is 0 Å². The van der Waals surface area contributed by atoms with E-state index >= 15 is 0 Å². The molecular weight excluding hydrogens is 244 g/mol. The van der Waals surface area contributed by atoms with E-state index in [4.69, 9.17) is 0 Å². The molecule has 0 amide bonds. The third kappa shape index (κ3) is 2.42. The molecule has 0 bridgehead atoms. The molecule has 0 N–H and O–H groups in total. The number of benzene rings is 2. The molecule has 0 saturated carbocycles. The molecular formula is C18H18N2. The fraction of sp³-hybridized carbons (Fsp3) is 0.222. The van der Waals surface area contributed by atoms with Crippen molar-refractivity contribution in [2.24, 2.45) is 0 Å². The van der Waals surface area contributed by atoms with Crippen molar-refractivity contribution in [3.05, 3.63) is 60.0 Å². The van der Waals surface area contributed by atoms with Crippen LogP contribution in [0, 0.1) is 6.92 Å². The number of hydrogen-bond donors (Lipinski definition) is 0. The van der Waals surface area contributed by atoms with Crippen LogP contribution in [0.3, 0.4) is 0 Å². The van der Waals surface area contributed by atoms with Crippen molar-refractivity contribution < 1.29 is 0 Å². The van der Waals surface area contributed by atoms with Crippen LogP contribution in [0.2, 0.25) is 0 Å². The molecule has 0 radical (unpaired) electrons. The van der Waals surface area contributed by atoms with Gasteiger partial charge in [-0.25, -0.2) is 9.97 Å². The maximum atomic E-state index is 4.44. The van der Waals surface area contributed by atoms with Gasteiger partial charge >= 0.3 is 0 Å². The lowest BCUT2D eigenvalue weighted by Crippen LogP contribution is -1.89. The first-order valence-electron chi connectivity index (χ1n) is 6.97. The summed E-state index contributed by atoms with van der Waals surface area (Å²) in [5.41, 5.74) is 4.81. The highest BCUT2D eigenvalue weighted by Crippen LogP contribution is 2.25. The van der Waals surface area contributed by atoms with Gasteiger partial charge in [-0.05, 0) is 41.7 Å². The zero-order valence-electron chi connectivity index (χ0n) is 12.1. The fourth-order valence-electron chi connectivity index (χ4n) is 2.37. The molecule has 20 heavy (non-hydrogen) atoms. The molecule has 3 aromatic rings. The van der Waals surface area contributed by atoms with Crippen molar-refractivity contribution in [3.8, 4) is 11.1 Å². The predicted octanol–water partition coefficient (Wildman–Crippen LogP) is 4.73. The second-order valence-electron chi connectivity index (χ2n) is 5.47. The molecule has 0 saturated heterocycles. The summed E-state index contributed by atoms with van der Waals surface area (Å²) in [6.07, 6.45) is 1.89. The van der Waals surface area contributed by atoms with Crippen LogP contribution in [0.15, 0.2) is 48.7 Å². The van der Waals surface area contributed by atoms with E-state index in [1.54, 1.807) is 0 Å². The molecule has 100 valence electrons. The van der Waals surface area contributed by atoms with Gasteiger partial charge in [-0.3, -0.25) is 0 Å². The zero-order chi connectivity index (χ0) is 14.1. The maximum Gasteiger partial charge on any atom is 0.125 e. The van der Waals surface area contributed by atoms with E-state index in [2.05, 4.69) is 66.3 Å². The minimum Gasteiger partial charge on any atom is -0.241 e. The van der Waals surface area contributed by atoms with Gasteiger partial charge in [0, 0.05) is 11.6 Å². The molecule has 2 nitrogen and oxygen atoms in total. The van der Waals surface area contributed by atoms with Gasteiger partial charge in [-0.2, -0.15) is 0 Å². The SMILES string of the molecule is Cc1ncc2cc(-c3ccc(C(C)C)cc3)ccc2n1. The molecule has 1 heterocycles. The third-order valence-electron chi connectivity index (χ3n) is 3.61. The smallest absolute Gasteiger partial charge is 0.125 e. The summed E-state index contributed by atoms with van der Waals surface area (Å²) < 4.78 is 0. The summed E-state index contributed by atoms with van der Waals surface area (Å²) in [4.78, 5) is 8.70. The Hall–Kier alpha value is -2.22. The average molecular weight is 262 g/mol. The van der Waals surface area contributed by atoms with Gasteiger partial charge in [0.2, 0.25) is 0 Å². The molecule has 2 heteroatoms. The first-order valence-corrected chi connectivity index (χ1v) is 6.97. The summed E-state index contributed by atoms with van der Waals surface area (Å²) in [6.45, 7) is 6.34. The van der Waals surface area contributed by atoms with Gasteiger partial charge in [0.05, 0.1) is 5.52 Å². The summed E-state index contributed by atoms with van der Waals surface area (Å²) in [6, 6.07) is 15.1. The zero-order valence-corrected chi connectivity index (χ0v) is 12.1. The van der Waals surface area contributed by atoms with E-state index in [0.717, 1.165) is 16.7 Å². The highest BCUT2D eigenvalue weighted by Gasteiger charge is 2.03. The predicted molar refractivity (Wildman–Crippen MR) is 83.8 cm³/mol. The van der Waals surface area contributed by atoms with Gasteiger partial charge in [-0.15, -0.1) is 0 Å². The number of nitrogens with zero attached hydrogens (tertiary/aromatic N) is 2. The van der Waals surface area contributed by atoms with Crippen LogP contribution in [0.4, 0.5) is 0 Å². The topological polar surface area (TPSA) is 25.8 Å². The Morgan fingerprint density at radius 1 is 0.900 bits per heavy atom. The second-order valence-corrected chi connectivity index (χ2v) is 5.47. The van der Waals surface area contributed by atoms with Gasteiger partial charge in [0.25, 0.3) is 0 Å². The molecule has 0 unspecified atom stereocenters. The van der Waals surface area contributed by atoms with Gasteiger partial charge in [-0.1, -0.05) is 44.2 Å². The largest absolute Gasteiger partial charge is 0.241 e. The standard InChI is InChI=1S/C18H18N2/c1-12(2)14-4-6-15(7-5-14)16-8-9-18-17(10-16)11-19-13(3)20-18/h4-12H,1-3H3. The van der Waals surface area contributed by atoms with Gasteiger partial charge < -0.3 is 0 Å². The molecule has 2 aromatic carbocycles. The fourth-order valence-corrected chi connectivity index (χ4v) is 2.37. The lowest BCUT2D eigenvalue weighted by Gasteiger charge is -2.08. The van der Waals surface area contributed by atoms with E-state index < -0.39 is 0 Å². The molecule has 0 fully saturated rings. The van der Waals surface area contributed by atoms with Crippen LogP contribution >= 0.6 is 0 Å². The van der Waals surface area contributed by atoms with Crippen molar-refractivity contribution in [2.45, 2.75) is 26.7 Å². The lowest BCUT2D eigenvalue weighted by molar-refractivity contribution is 0.867. The Morgan fingerprint density at radius 3 is 2.30 bits per heavy atom. The van der Waals surface area contributed by atoms with Crippen molar-refractivity contribution in [3.63, 3.8) is 0 Å². The number of rotatable bonds is 2. The summed E-state index contributed by atoms with van der Waals surface area (Å²) >= 11 is 0. The molecule has 1 aromatic heterocycles. The first-order chi connectivity index (χ1) is 9.63. The Kier molecular flexibility index (Phi) is 3.23.